The number of nitro groups is 1. The van der Waals surface area contributed by atoms with Crippen molar-refractivity contribution in [3.05, 3.63) is 75.1 Å². The molecule has 0 fully saturated rings. The summed E-state index contributed by atoms with van der Waals surface area (Å²) in [6.45, 7) is 1.81. The van der Waals surface area contributed by atoms with E-state index in [4.69, 9.17) is 16.3 Å². The Labute approximate surface area is 159 Å². The maximum atomic E-state index is 12.3. The van der Waals surface area contributed by atoms with Crippen LogP contribution >= 0.6 is 11.6 Å². The fourth-order valence-electron chi connectivity index (χ4n) is 2.41. The van der Waals surface area contributed by atoms with Crippen molar-refractivity contribution >= 4 is 28.9 Å². The zero-order valence-electron chi connectivity index (χ0n) is 14.5. The lowest BCUT2D eigenvalue weighted by Gasteiger charge is -2.11. The first-order chi connectivity index (χ1) is 12.8. The number of amides is 1. The molecule has 0 atom stereocenters. The fourth-order valence-corrected chi connectivity index (χ4v) is 2.63. The van der Waals surface area contributed by atoms with Crippen LogP contribution in [0.4, 0.5) is 11.4 Å². The average molecular weight is 387 g/mol. The minimum atomic E-state index is -0.558. The van der Waals surface area contributed by atoms with E-state index in [0.29, 0.717) is 10.8 Å². The molecule has 27 heavy (non-hydrogen) atoms. The molecule has 3 aromatic rings. The second kappa shape index (κ2) is 7.46. The smallest absolute Gasteiger partial charge is 0.276 e. The van der Waals surface area contributed by atoms with Crippen LogP contribution in [0.1, 0.15) is 16.1 Å². The molecule has 0 aliphatic carbocycles. The van der Waals surface area contributed by atoms with Crippen molar-refractivity contribution in [2.45, 2.75) is 6.92 Å². The van der Waals surface area contributed by atoms with Gasteiger partial charge in [0.2, 0.25) is 0 Å². The van der Waals surface area contributed by atoms with Crippen LogP contribution in [0.5, 0.6) is 11.5 Å². The molecule has 1 N–H and O–H groups in total. The number of ether oxygens (including phenoxy) is 1. The maximum absolute atomic E-state index is 12.3. The van der Waals surface area contributed by atoms with E-state index in [9.17, 15) is 14.9 Å². The van der Waals surface area contributed by atoms with Gasteiger partial charge in [-0.2, -0.15) is 5.10 Å². The van der Waals surface area contributed by atoms with Gasteiger partial charge in [0.05, 0.1) is 16.7 Å². The number of nitro benzene ring substituents is 1. The van der Waals surface area contributed by atoms with Crippen molar-refractivity contribution in [1.82, 2.24) is 9.78 Å². The zero-order valence-corrected chi connectivity index (χ0v) is 15.2. The highest BCUT2D eigenvalue weighted by atomic mass is 35.5. The standard InChI is InChI=1S/C18H15ClN4O4/c1-11-7-12(19)3-4-17(11)27-15-9-13(8-14(10-15)23(25)26)20-18(24)16-5-6-22(2)21-16/h3-10H,1-2H3,(H,20,24). The quantitative estimate of drug-likeness (QED) is 0.519. The third-order valence-electron chi connectivity index (χ3n) is 3.67. The Balaban J connectivity index is 1.90. The molecule has 1 heterocycles. The highest BCUT2D eigenvalue weighted by molar-refractivity contribution is 6.30. The Morgan fingerprint density at radius 2 is 2.04 bits per heavy atom. The number of benzene rings is 2. The Kier molecular flexibility index (Phi) is 5.09. The number of halogens is 1. The van der Waals surface area contributed by atoms with E-state index in [0.717, 1.165) is 5.56 Å². The zero-order chi connectivity index (χ0) is 19.6. The summed E-state index contributed by atoms with van der Waals surface area (Å²) in [4.78, 5) is 22.9. The Morgan fingerprint density at radius 1 is 1.26 bits per heavy atom. The third kappa shape index (κ3) is 4.42. The Bertz CT molecular complexity index is 1030. The van der Waals surface area contributed by atoms with Crippen molar-refractivity contribution in [2.24, 2.45) is 7.05 Å². The summed E-state index contributed by atoms with van der Waals surface area (Å²) in [6.07, 6.45) is 1.63. The number of carbonyl (C=O) groups excluding carboxylic acids is 1. The summed E-state index contributed by atoms with van der Waals surface area (Å²) in [7, 11) is 1.69. The molecule has 0 bridgehead atoms. The molecule has 0 saturated carbocycles. The molecular formula is C18H15ClN4O4. The number of hydrogen-bond acceptors (Lipinski definition) is 5. The van der Waals surface area contributed by atoms with Gasteiger partial charge in [0.1, 0.15) is 11.5 Å². The molecule has 1 amide bonds. The summed E-state index contributed by atoms with van der Waals surface area (Å²) in [5.74, 6) is 0.234. The van der Waals surface area contributed by atoms with Gasteiger partial charge in [-0.15, -0.1) is 0 Å². The predicted molar refractivity (Wildman–Crippen MR) is 101 cm³/mol. The largest absolute Gasteiger partial charge is 0.457 e. The van der Waals surface area contributed by atoms with E-state index >= 15 is 0 Å². The monoisotopic (exact) mass is 386 g/mol. The second-order valence-electron chi connectivity index (χ2n) is 5.81. The van der Waals surface area contributed by atoms with Crippen LogP contribution in [0.15, 0.2) is 48.7 Å². The first-order valence-electron chi connectivity index (χ1n) is 7.86. The predicted octanol–water partition coefficient (Wildman–Crippen LogP) is 4.33. The highest BCUT2D eigenvalue weighted by Crippen LogP contribution is 2.32. The maximum Gasteiger partial charge on any atom is 0.276 e. The molecule has 0 aliphatic heterocycles. The number of aromatic nitrogens is 2. The summed E-state index contributed by atoms with van der Waals surface area (Å²) in [6, 6.07) is 10.6. The first-order valence-corrected chi connectivity index (χ1v) is 8.24. The van der Waals surface area contributed by atoms with Gasteiger partial charge in [-0.25, -0.2) is 0 Å². The number of nitrogens with zero attached hydrogens (tertiary/aromatic N) is 3. The molecule has 9 heteroatoms. The van der Waals surface area contributed by atoms with Gasteiger partial charge in [0.25, 0.3) is 11.6 Å². The number of non-ortho nitro benzene ring substituents is 1. The van der Waals surface area contributed by atoms with Gasteiger partial charge in [-0.05, 0) is 36.8 Å². The minimum absolute atomic E-state index is 0.194. The van der Waals surface area contributed by atoms with E-state index in [-0.39, 0.29) is 22.8 Å². The minimum Gasteiger partial charge on any atom is -0.457 e. The molecule has 0 aliphatic rings. The van der Waals surface area contributed by atoms with Crippen molar-refractivity contribution in [1.29, 1.82) is 0 Å². The second-order valence-corrected chi connectivity index (χ2v) is 6.25. The van der Waals surface area contributed by atoms with E-state index in [1.165, 1.54) is 22.9 Å². The van der Waals surface area contributed by atoms with Crippen LogP contribution in [0.2, 0.25) is 5.02 Å². The van der Waals surface area contributed by atoms with Crippen LogP contribution in [0.3, 0.4) is 0 Å². The van der Waals surface area contributed by atoms with Gasteiger partial charge in [-0.3, -0.25) is 19.6 Å². The summed E-state index contributed by atoms with van der Waals surface area (Å²) < 4.78 is 7.24. The van der Waals surface area contributed by atoms with Crippen LogP contribution in [-0.4, -0.2) is 20.6 Å². The molecule has 0 unspecified atom stereocenters. The van der Waals surface area contributed by atoms with Gasteiger partial charge in [0.15, 0.2) is 5.69 Å². The first kappa shape index (κ1) is 18.4. The van der Waals surface area contributed by atoms with Gasteiger partial charge in [0, 0.05) is 30.4 Å². The average Bonchev–Trinajstić information content (AvgIpc) is 3.04. The molecule has 0 saturated heterocycles. The third-order valence-corrected chi connectivity index (χ3v) is 3.91. The number of rotatable bonds is 5. The van der Waals surface area contributed by atoms with E-state index in [1.807, 2.05) is 6.92 Å². The molecule has 0 radical (unpaired) electrons. The lowest BCUT2D eigenvalue weighted by atomic mass is 10.2. The lowest BCUT2D eigenvalue weighted by molar-refractivity contribution is -0.384. The normalized spacial score (nSPS) is 10.5. The molecular weight excluding hydrogens is 372 g/mol. The molecule has 138 valence electrons. The topological polar surface area (TPSA) is 99.3 Å². The Morgan fingerprint density at radius 3 is 2.67 bits per heavy atom. The fraction of sp³-hybridized carbons (Fsp3) is 0.111. The Hall–Kier alpha value is -3.39. The molecule has 2 aromatic carbocycles. The van der Waals surface area contributed by atoms with Crippen molar-refractivity contribution in [2.75, 3.05) is 5.32 Å². The van der Waals surface area contributed by atoms with Crippen LogP contribution in [0, 0.1) is 17.0 Å². The molecule has 3 rings (SSSR count). The van der Waals surface area contributed by atoms with Gasteiger partial charge in [-0.1, -0.05) is 11.6 Å². The molecule has 0 spiro atoms. The van der Waals surface area contributed by atoms with Gasteiger partial charge < -0.3 is 10.1 Å². The van der Waals surface area contributed by atoms with Crippen molar-refractivity contribution in [3.63, 3.8) is 0 Å². The van der Waals surface area contributed by atoms with Crippen molar-refractivity contribution < 1.29 is 14.5 Å². The van der Waals surface area contributed by atoms with Crippen LogP contribution in [-0.2, 0) is 7.05 Å². The SMILES string of the molecule is Cc1cc(Cl)ccc1Oc1cc(NC(=O)c2ccn(C)n2)cc([N+](=O)[O-])c1. The summed E-state index contributed by atoms with van der Waals surface area (Å²) in [5, 5.41) is 18.4. The van der Waals surface area contributed by atoms with Gasteiger partial charge >= 0.3 is 0 Å². The van der Waals surface area contributed by atoms with Crippen molar-refractivity contribution in [3.8, 4) is 11.5 Å². The van der Waals surface area contributed by atoms with E-state index in [2.05, 4.69) is 10.4 Å². The van der Waals surface area contributed by atoms with E-state index < -0.39 is 10.8 Å². The number of hydrogen-bond donors (Lipinski definition) is 1. The highest BCUT2D eigenvalue weighted by Gasteiger charge is 2.15. The number of carbonyl (C=O) groups is 1. The lowest BCUT2D eigenvalue weighted by Crippen LogP contribution is -2.13. The summed E-state index contributed by atoms with van der Waals surface area (Å²) >= 11 is 5.93. The van der Waals surface area contributed by atoms with E-state index in [1.54, 1.807) is 37.5 Å². The van der Waals surface area contributed by atoms with Crippen LogP contribution in [0.25, 0.3) is 0 Å². The number of nitrogens with one attached hydrogen (secondary N) is 1. The summed E-state index contributed by atoms with van der Waals surface area (Å²) in [5.41, 5.74) is 0.977. The molecule has 1 aromatic heterocycles. The van der Waals surface area contributed by atoms with Crippen LogP contribution < -0.4 is 10.1 Å². The number of aryl methyl sites for hydroxylation is 2. The number of anilines is 1. The molecule has 8 nitrogen and oxygen atoms in total.